The van der Waals surface area contributed by atoms with Gasteiger partial charge in [-0.1, -0.05) is 18.7 Å². The molecule has 3 fully saturated rings. The molecule has 1 radical (unpaired) electrons. The van der Waals surface area contributed by atoms with Gasteiger partial charge in [-0.25, -0.2) is 14.4 Å². The highest BCUT2D eigenvalue weighted by atomic mass is 32.1. The highest BCUT2D eigenvalue weighted by molar-refractivity contribution is 7.80. The van der Waals surface area contributed by atoms with Crippen LogP contribution in [0, 0.1) is 35.1 Å². The summed E-state index contributed by atoms with van der Waals surface area (Å²) in [6, 6.07) is 7.88. The summed E-state index contributed by atoms with van der Waals surface area (Å²) in [4.78, 5) is 29.0. The van der Waals surface area contributed by atoms with Crippen LogP contribution in [0.25, 0.3) is 0 Å². The lowest BCUT2D eigenvalue weighted by molar-refractivity contribution is -0.130. The predicted octanol–water partition coefficient (Wildman–Crippen LogP) is 4.10. The van der Waals surface area contributed by atoms with Gasteiger partial charge in [0, 0.05) is 42.2 Å². The van der Waals surface area contributed by atoms with Crippen molar-refractivity contribution in [3.63, 3.8) is 0 Å². The summed E-state index contributed by atoms with van der Waals surface area (Å²) in [5, 5.41) is 9.46. The number of rotatable bonds is 7. The fraction of sp³-hybridized carbons (Fsp3) is 0.567. The van der Waals surface area contributed by atoms with Gasteiger partial charge in [0.1, 0.15) is 12.4 Å². The number of piperazine rings is 1. The van der Waals surface area contributed by atoms with E-state index in [0.717, 1.165) is 62.5 Å². The molecule has 0 bridgehead atoms. The molecule has 3 unspecified atom stereocenters. The van der Waals surface area contributed by atoms with E-state index in [-0.39, 0.29) is 30.1 Å². The van der Waals surface area contributed by atoms with E-state index in [1.165, 1.54) is 12.1 Å². The first-order chi connectivity index (χ1) is 19.4. The average Bonchev–Trinajstić information content (AvgIpc) is 3.38. The van der Waals surface area contributed by atoms with Gasteiger partial charge in [-0.05, 0) is 75.7 Å². The number of hydrogen-bond acceptors (Lipinski definition) is 8. The number of likely N-dealkylation sites (tertiary alicyclic amines) is 1. The molecule has 4 aliphatic rings. The van der Waals surface area contributed by atoms with Gasteiger partial charge < -0.3 is 14.5 Å². The summed E-state index contributed by atoms with van der Waals surface area (Å²) in [6.07, 6.45) is 8.11. The van der Waals surface area contributed by atoms with Gasteiger partial charge in [-0.3, -0.25) is 9.69 Å². The molecule has 3 heterocycles. The number of nitriles is 1. The number of amides is 1. The van der Waals surface area contributed by atoms with E-state index in [9.17, 15) is 14.4 Å². The number of nitrogens with zero attached hydrogens (tertiary/aromatic N) is 6. The van der Waals surface area contributed by atoms with Gasteiger partial charge in [0.05, 0.1) is 18.5 Å². The van der Waals surface area contributed by atoms with Crippen molar-refractivity contribution in [2.45, 2.75) is 61.9 Å². The summed E-state index contributed by atoms with van der Waals surface area (Å²) < 4.78 is 20.4. The van der Waals surface area contributed by atoms with Crippen molar-refractivity contribution in [1.82, 2.24) is 14.7 Å². The Bertz CT molecular complexity index is 1220. The molecule has 40 heavy (non-hydrogen) atoms. The summed E-state index contributed by atoms with van der Waals surface area (Å²) >= 11 is 4.42. The van der Waals surface area contributed by atoms with Crippen LogP contribution in [0.1, 0.15) is 44.1 Å². The quantitative estimate of drug-likeness (QED) is 0.398. The molecule has 8 nitrogen and oxygen atoms in total. The Balaban J connectivity index is 1.35. The number of benzene rings is 1. The third kappa shape index (κ3) is 6.27. The normalized spacial score (nSPS) is 27.9. The van der Waals surface area contributed by atoms with Crippen LogP contribution >= 0.6 is 12.6 Å². The minimum absolute atomic E-state index is 0.0603. The van der Waals surface area contributed by atoms with E-state index in [0.29, 0.717) is 49.1 Å². The predicted molar refractivity (Wildman–Crippen MR) is 155 cm³/mol. The number of hydrogen-bond donors (Lipinski definition) is 1. The number of carbonyl (C=O) groups excluding carboxylic acids is 1. The van der Waals surface area contributed by atoms with E-state index in [2.05, 4.69) is 42.1 Å². The largest absolute Gasteiger partial charge is 0.462 e. The molecule has 1 aromatic rings. The molecule has 0 spiro atoms. The van der Waals surface area contributed by atoms with Crippen LogP contribution in [0.2, 0.25) is 0 Å². The standard InChI is InChI=1S/C30H38FN6O2S/c1-3-27(38)37-15-14-36(18-22(37)11-12-32)29-24-10-9-20(16-21-6-4-8-25(31)28(21)40)17-26(24)33-30(34-29)39-19-23-7-5-13-35(23)2/h3-4,6,8,20,22-24,40H,1,5,7,9-11,13-19H2,2H3/t20-,22?,23?,24?/m0/s1. The summed E-state index contributed by atoms with van der Waals surface area (Å²) in [5.74, 6) is -0.0611. The van der Waals surface area contributed by atoms with Gasteiger partial charge in [-0.15, -0.1) is 12.6 Å². The average molecular weight is 566 g/mol. The number of aliphatic imine (C=N–C) groups is 2. The van der Waals surface area contributed by atoms with Crippen LogP contribution < -0.4 is 0 Å². The number of fused-ring (bicyclic) bond motifs is 1. The number of ether oxygens (including phenoxy) is 1. The number of thiol groups is 1. The summed E-state index contributed by atoms with van der Waals surface area (Å²) in [6.45, 7) is 6.90. The van der Waals surface area contributed by atoms with Crippen molar-refractivity contribution in [2.75, 3.05) is 39.8 Å². The van der Waals surface area contributed by atoms with Gasteiger partial charge in [0.15, 0.2) is 6.17 Å². The lowest BCUT2D eigenvalue weighted by Gasteiger charge is -2.45. The van der Waals surface area contributed by atoms with Crippen molar-refractivity contribution in [3.8, 4) is 6.07 Å². The molecule has 1 aliphatic carbocycles. The fourth-order valence-corrected chi connectivity index (χ4v) is 6.75. The molecule has 3 aliphatic heterocycles. The molecular weight excluding hydrogens is 527 g/mol. The van der Waals surface area contributed by atoms with E-state index in [1.54, 1.807) is 11.0 Å². The zero-order valence-electron chi connectivity index (χ0n) is 23.1. The van der Waals surface area contributed by atoms with Gasteiger partial charge in [0.25, 0.3) is 0 Å². The molecule has 5 rings (SSSR count). The first-order valence-electron chi connectivity index (χ1n) is 14.2. The Morgan fingerprint density at radius 1 is 1.25 bits per heavy atom. The van der Waals surface area contributed by atoms with Crippen LogP contribution in [-0.4, -0.2) is 84.3 Å². The monoisotopic (exact) mass is 565 g/mol. The third-order valence-corrected chi connectivity index (χ3v) is 9.27. The van der Waals surface area contributed by atoms with E-state index in [1.807, 2.05) is 6.07 Å². The molecule has 1 aromatic carbocycles. The zero-order valence-corrected chi connectivity index (χ0v) is 24.0. The van der Waals surface area contributed by atoms with Gasteiger partial charge in [0.2, 0.25) is 5.91 Å². The minimum atomic E-state index is -0.291. The third-order valence-electron chi connectivity index (χ3n) is 8.77. The Kier molecular flexibility index (Phi) is 9.24. The second kappa shape index (κ2) is 12.8. The number of halogens is 1. The first-order valence-corrected chi connectivity index (χ1v) is 14.7. The maximum Gasteiger partial charge on any atom is 0.313 e. The van der Waals surface area contributed by atoms with Crippen LogP contribution in [0.5, 0.6) is 0 Å². The lowest BCUT2D eigenvalue weighted by Crippen LogP contribution is -2.57. The molecule has 2 saturated heterocycles. The van der Waals surface area contributed by atoms with Crippen molar-refractivity contribution in [3.05, 3.63) is 48.4 Å². The Morgan fingerprint density at radius 2 is 2.10 bits per heavy atom. The van der Waals surface area contributed by atoms with Crippen molar-refractivity contribution in [2.24, 2.45) is 21.8 Å². The van der Waals surface area contributed by atoms with Crippen LogP contribution in [0.3, 0.4) is 0 Å². The van der Waals surface area contributed by atoms with Crippen LogP contribution in [-0.2, 0) is 16.0 Å². The molecule has 0 N–H and O–H groups in total. The topological polar surface area (TPSA) is 84.5 Å². The number of carbonyl (C=O) groups is 1. The first kappa shape index (κ1) is 28.8. The number of likely N-dealkylation sites (N-methyl/N-ethyl adjacent to an activating group) is 1. The number of amidine groups is 1. The van der Waals surface area contributed by atoms with Crippen LogP contribution in [0.4, 0.5) is 4.39 Å². The van der Waals surface area contributed by atoms with Crippen molar-refractivity contribution < 1.29 is 13.9 Å². The van der Waals surface area contributed by atoms with E-state index < -0.39 is 0 Å². The summed E-state index contributed by atoms with van der Waals surface area (Å²) in [7, 11) is 2.12. The molecule has 10 heteroatoms. The lowest BCUT2D eigenvalue weighted by atomic mass is 9.76. The second-order valence-corrected chi connectivity index (χ2v) is 11.7. The van der Waals surface area contributed by atoms with Crippen LogP contribution in [0.15, 0.2) is 45.7 Å². The van der Waals surface area contributed by atoms with Crippen molar-refractivity contribution in [1.29, 1.82) is 5.26 Å². The maximum atomic E-state index is 14.1. The fourth-order valence-electron chi connectivity index (χ4n) is 6.51. The summed E-state index contributed by atoms with van der Waals surface area (Å²) in [5.41, 5.74) is 1.97. The minimum Gasteiger partial charge on any atom is -0.462 e. The highest BCUT2D eigenvalue weighted by Gasteiger charge is 2.43. The van der Waals surface area contributed by atoms with Crippen molar-refractivity contribution >= 4 is 30.3 Å². The smallest absolute Gasteiger partial charge is 0.313 e. The molecule has 1 amide bonds. The zero-order chi connectivity index (χ0) is 28.2. The molecular formula is C30H38FN6O2S. The van der Waals surface area contributed by atoms with Gasteiger partial charge >= 0.3 is 6.02 Å². The molecule has 4 atom stereocenters. The highest BCUT2D eigenvalue weighted by Crippen LogP contribution is 2.40. The SMILES string of the molecule is C=CC(=O)N1CCN([C]2N=C(OCC3CCCN3C)N=C3C[C@H](Cc4cccc(F)c4S)CCC23)CC1CC#N. The maximum absolute atomic E-state index is 14.1. The van der Waals surface area contributed by atoms with Gasteiger partial charge in [-0.2, -0.15) is 5.26 Å². The molecule has 1 saturated carbocycles. The second-order valence-electron chi connectivity index (χ2n) is 11.3. The van der Waals surface area contributed by atoms with E-state index >= 15 is 0 Å². The van der Waals surface area contributed by atoms with E-state index in [4.69, 9.17) is 14.7 Å². The Morgan fingerprint density at radius 3 is 2.85 bits per heavy atom. The Labute approximate surface area is 242 Å². The molecule has 0 aromatic heterocycles. The Hall–Kier alpha value is -2.74. The molecule has 213 valence electrons.